The van der Waals surface area contributed by atoms with Gasteiger partial charge in [0.1, 0.15) is 17.3 Å². The third-order valence-electron chi connectivity index (χ3n) is 3.01. The van der Waals surface area contributed by atoms with Gasteiger partial charge in [-0.15, -0.1) is 0 Å². The van der Waals surface area contributed by atoms with Gasteiger partial charge in [0, 0.05) is 0 Å². The maximum Gasteiger partial charge on any atom is 0.127 e. The lowest BCUT2D eigenvalue weighted by Gasteiger charge is -2.07. The van der Waals surface area contributed by atoms with Gasteiger partial charge in [0.25, 0.3) is 0 Å². The Kier molecular flexibility index (Phi) is 3.46. The molecule has 0 fully saturated rings. The number of rotatable bonds is 3. The van der Waals surface area contributed by atoms with Crippen LogP contribution in [-0.4, -0.2) is 0 Å². The topological polar surface area (TPSA) is 9.23 Å². The van der Waals surface area contributed by atoms with E-state index in [0.717, 1.165) is 11.3 Å². The highest BCUT2D eigenvalue weighted by molar-refractivity contribution is 5.64. The Morgan fingerprint density at radius 2 is 1.05 bits per heavy atom. The van der Waals surface area contributed by atoms with E-state index in [1.165, 1.54) is 17.7 Å². The van der Waals surface area contributed by atoms with Crippen LogP contribution >= 0.6 is 0 Å². The molecule has 0 saturated heterocycles. The Bertz CT molecular complexity index is 673. The molecule has 0 aromatic heterocycles. The maximum absolute atomic E-state index is 12.8. The third kappa shape index (κ3) is 2.86. The van der Waals surface area contributed by atoms with E-state index in [2.05, 4.69) is 12.1 Å². The zero-order chi connectivity index (χ0) is 13.8. The van der Waals surface area contributed by atoms with Crippen LogP contribution in [0.25, 0.3) is 11.1 Å². The molecule has 0 saturated carbocycles. The molecule has 0 spiro atoms. The Labute approximate surface area is 117 Å². The van der Waals surface area contributed by atoms with E-state index in [1.807, 2.05) is 42.5 Å². The molecule has 2 heteroatoms. The van der Waals surface area contributed by atoms with Crippen LogP contribution in [0.2, 0.25) is 0 Å². The van der Waals surface area contributed by atoms with Gasteiger partial charge in [0.05, 0.1) is 0 Å². The summed E-state index contributed by atoms with van der Waals surface area (Å²) in [6.45, 7) is 0. The van der Waals surface area contributed by atoms with Gasteiger partial charge in [-0.3, -0.25) is 0 Å². The van der Waals surface area contributed by atoms with Gasteiger partial charge in [0.15, 0.2) is 0 Å². The summed E-state index contributed by atoms with van der Waals surface area (Å²) in [5, 5.41) is 0. The summed E-state index contributed by atoms with van der Waals surface area (Å²) >= 11 is 0. The van der Waals surface area contributed by atoms with E-state index in [-0.39, 0.29) is 5.82 Å². The maximum atomic E-state index is 12.8. The predicted octanol–water partition coefficient (Wildman–Crippen LogP) is 5.29. The van der Waals surface area contributed by atoms with Crippen molar-refractivity contribution >= 4 is 0 Å². The van der Waals surface area contributed by atoms with Crippen LogP contribution in [0.1, 0.15) is 0 Å². The monoisotopic (exact) mass is 264 g/mol. The molecule has 1 nitrogen and oxygen atoms in total. The summed E-state index contributed by atoms with van der Waals surface area (Å²) in [7, 11) is 0. The molecule has 0 aliphatic heterocycles. The lowest BCUT2D eigenvalue weighted by Crippen LogP contribution is -1.85. The van der Waals surface area contributed by atoms with Crippen molar-refractivity contribution in [2.45, 2.75) is 0 Å². The van der Waals surface area contributed by atoms with Gasteiger partial charge in [-0.2, -0.15) is 0 Å². The first kappa shape index (κ1) is 12.4. The van der Waals surface area contributed by atoms with E-state index in [4.69, 9.17) is 4.74 Å². The molecule has 0 aliphatic carbocycles. The zero-order valence-corrected chi connectivity index (χ0v) is 10.8. The molecule has 0 heterocycles. The van der Waals surface area contributed by atoms with Gasteiger partial charge in [0.2, 0.25) is 0 Å². The molecule has 0 unspecified atom stereocenters. The Morgan fingerprint density at radius 3 is 1.65 bits per heavy atom. The molecule has 3 rings (SSSR count). The molecule has 0 aliphatic rings. The SMILES string of the molecule is Fc1ccc(Oc2ccc(-c3ccccc3)cc2)cc1. The summed E-state index contributed by atoms with van der Waals surface area (Å²) in [6, 6.07) is 24.0. The second-order valence-electron chi connectivity index (χ2n) is 4.45. The number of ether oxygens (including phenoxy) is 1. The highest BCUT2D eigenvalue weighted by atomic mass is 19.1. The molecule has 0 N–H and O–H groups in total. The van der Waals surface area contributed by atoms with E-state index in [1.54, 1.807) is 12.1 Å². The fourth-order valence-corrected chi connectivity index (χ4v) is 1.98. The van der Waals surface area contributed by atoms with E-state index >= 15 is 0 Å². The second kappa shape index (κ2) is 5.57. The van der Waals surface area contributed by atoms with Crippen molar-refractivity contribution in [1.82, 2.24) is 0 Å². The van der Waals surface area contributed by atoms with E-state index in [9.17, 15) is 4.39 Å². The van der Waals surface area contributed by atoms with Crippen molar-refractivity contribution < 1.29 is 9.13 Å². The Hall–Kier alpha value is -2.61. The first-order valence-electron chi connectivity index (χ1n) is 6.40. The van der Waals surface area contributed by atoms with Crippen molar-refractivity contribution in [1.29, 1.82) is 0 Å². The number of benzene rings is 3. The standard InChI is InChI=1S/C18H13FO/c19-16-8-12-18(13-9-16)20-17-10-6-15(7-11-17)14-4-2-1-3-5-14/h1-13H. The lowest BCUT2D eigenvalue weighted by molar-refractivity contribution is 0.480. The molecule has 0 amide bonds. The first-order valence-corrected chi connectivity index (χ1v) is 6.40. The van der Waals surface area contributed by atoms with Gasteiger partial charge in [-0.05, 0) is 47.5 Å². The average molecular weight is 264 g/mol. The van der Waals surface area contributed by atoms with Gasteiger partial charge < -0.3 is 4.74 Å². The Balaban J connectivity index is 1.78. The fraction of sp³-hybridized carbons (Fsp3) is 0. The Morgan fingerprint density at radius 1 is 0.550 bits per heavy atom. The molecule has 3 aromatic rings. The summed E-state index contributed by atoms with van der Waals surface area (Å²) in [4.78, 5) is 0. The highest BCUT2D eigenvalue weighted by Gasteiger charge is 2.00. The van der Waals surface area contributed by atoms with Crippen molar-refractivity contribution in [3.63, 3.8) is 0 Å². The number of hydrogen-bond acceptors (Lipinski definition) is 1. The minimum Gasteiger partial charge on any atom is -0.457 e. The molecule has 0 bridgehead atoms. The minimum atomic E-state index is -0.267. The van der Waals surface area contributed by atoms with Crippen LogP contribution in [0.15, 0.2) is 78.9 Å². The molecule has 3 aromatic carbocycles. The van der Waals surface area contributed by atoms with Crippen LogP contribution in [0.3, 0.4) is 0 Å². The van der Waals surface area contributed by atoms with E-state index < -0.39 is 0 Å². The second-order valence-corrected chi connectivity index (χ2v) is 4.45. The van der Waals surface area contributed by atoms with Crippen LogP contribution in [0.4, 0.5) is 4.39 Å². The van der Waals surface area contributed by atoms with Crippen molar-refractivity contribution in [3.05, 3.63) is 84.7 Å². The molecule has 20 heavy (non-hydrogen) atoms. The lowest BCUT2D eigenvalue weighted by atomic mass is 10.1. The average Bonchev–Trinajstić information content (AvgIpc) is 2.51. The zero-order valence-electron chi connectivity index (χ0n) is 10.8. The number of hydrogen-bond donors (Lipinski definition) is 0. The van der Waals surface area contributed by atoms with Crippen LogP contribution < -0.4 is 4.74 Å². The van der Waals surface area contributed by atoms with Crippen molar-refractivity contribution in [2.24, 2.45) is 0 Å². The van der Waals surface area contributed by atoms with E-state index in [0.29, 0.717) is 5.75 Å². The summed E-state index contributed by atoms with van der Waals surface area (Å²) in [5.41, 5.74) is 2.30. The third-order valence-corrected chi connectivity index (χ3v) is 3.01. The summed E-state index contributed by atoms with van der Waals surface area (Å²) in [5.74, 6) is 1.09. The minimum absolute atomic E-state index is 0.267. The van der Waals surface area contributed by atoms with Crippen LogP contribution in [0, 0.1) is 5.82 Å². The van der Waals surface area contributed by atoms with Gasteiger partial charge in [-0.25, -0.2) is 4.39 Å². The first-order chi connectivity index (χ1) is 9.81. The quantitative estimate of drug-likeness (QED) is 0.625. The largest absolute Gasteiger partial charge is 0.457 e. The van der Waals surface area contributed by atoms with Crippen LogP contribution in [-0.2, 0) is 0 Å². The predicted molar refractivity (Wildman–Crippen MR) is 78.4 cm³/mol. The smallest absolute Gasteiger partial charge is 0.127 e. The van der Waals surface area contributed by atoms with Crippen molar-refractivity contribution in [3.8, 4) is 22.6 Å². The van der Waals surface area contributed by atoms with Gasteiger partial charge in [-0.1, -0.05) is 42.5 Å². The number of halogens is 1. The summed E-state index contributed by atoms with van der Waals surface area (Å²) in [6.07, 6.45) is 0. The van der Waals surface area contributed by atoms with Gasteiger partial charge >= 0.3 is 0 Å². The molecule has 0 radical (unpaired) electrons. The highest BCUT2D eigenvalue weighted by Crippen LogP contribution is 2.25. The molecular formula is C18H13FO. The summed E-state index contributed by atoms with van der Waals surface area (Å²) < 4.78 is 18.5. The molecule has 98 valence electrons. The molecule has 0 atom stereocenters. The van der Waals surface area contributed by atoms with Crippen LogP contribution in [0.5, 0.6) is 11.5 Å². The fourth-order valence-electron chi connectivity index (χ4n) is 1.98. The normalized spacial score (nSPS) is 10.2. The molecular weight excluding hydrogens is 251 g/mol. The van der Waals surface area contributed by atoms with Crippen molar-refractivity contribution in [2.75, 3.05) is 0 Å².